The highest BCUT2D eigenvalue weighted by Crippen LogP contribution is 2.33. The van der Waals surface area contributed by atoms with Crippen molar-refractivity contribution in [2.75, 3.05) is 36.0 Å². The second-order valence-electron chi connectivity index (χ2n) is 9.23. The molecule has 33 heavy (non-hydrogen) atoms. The van der Waals surface area contributed by atoms with E-state index in [-0.39, 0.29) is 0 Å². The van der Waals surface area contributed by atoms with E-state index < -0.39 is 5.60 Å². The highest BCUT2D eigenvalue weighted by atomic mass is 35.5. The average molecular weight is 461 g/mol. The number of piperazine rings is 1. The summed E-state index contributed by atoms with van der Waals surface area (Å²) < 4.78 is 2.11. The van der Waals surface area contributed by atoms with E-state index in [4.69, 9.17) is 16.6 Å². The molecule has 4 aromatic rings. The van der Waals surface area contributed by atoms with E-state index in [0.29, 0.717) is 5.02 Å². The van der Waals surface area contributed by atoms with E-state index in [2.05, 4.69) is 44.7 Å². The molecule has 0 atom stereocenters. The molecule has 170 valence electrons. The van der Waals surface area contributed by atoms with Crippen molar-refractivity contribution in [2.24, 2.45) is 7.05 Å². The van der Waals surface area contributed by atoms with Crippen LogP contribution in [0.1, 0.15) is 19.4 Å². The summed E-state index contributed by atoms with van der Waals surface area (Å²) in [6.45, 7) is 7.36. The van der Waals surface area contributed by atoms with Crippen molar-refractivity contribution < 1.29 is 5.11 Å². The van der Waals surface area contributed by atoms with Gasteiger partial charge in [-0.15, -0.1) is 0 Å². The Morgan fingerprint density at radius 3 is 2.09 bits per heavy atom. The van der Waals surface area contributed by atoms with Gasteiger partial charge in [-0.1, -0.05) is 35.9 Å². The summed E-state index contributed by atoms with van der Waals surface area (Å²) in [6.07, 6.45) is 0. The number of nitrogens with zero attached hydrogens (tertiary/aromatic N) is 4. The molecule has 0 spiro atoms. The molecule has 1 fully saturated rings. The number of halogens is 1. The third-order valence-corrected chi connectivity index (χ3v) is 6.89. The molecule has 1 saturated heterocycles. The van der Waals surface area contributed by atoms with Gasteiger partial charge in [0.05, 0.1) is 21.7 Å². The van der Waals surface area contributed by atoms with Gasteiger partial charge in [0.2, 0.25) is 0 Å². The topological polar surface area (TPSA) is 44.5 Å². The van der Waals surface area contributed by atoms with Crippen molar-refractivity contribution in [2.45, 2.75) is 19.4 Å². The Kier molecular flexibility index (Phi) is 5.55. The molecule has 1 aromatic heterocycles. The Bertz CT molecular complexity index is 1280. The van der Waals surface area contributed by atoms with Crippen LogP contribution in [0.2, 0.25) is 5.02 Å². The van der Waals surface area contributed by atoms with Crippen molar-refractivity contribution in [1.82, 2.24) is 9.55 Å². The van der Waals surface area contributed by atoms with Crippen LogP contribution in [0, 0.1) is 0 Å². The first kappa shape index (κ1) is 21.8. The fourth-order valence-corrected chi connectivity index (χ4v) is 4.77. The van der Waals surface area contributed by atoms with Gasteiger partial charge in [0.25, 0.3) is 0 Å². The lowest BCUT2D eigenvalue weighted by molar-refractivity contribution is 0.0786. The normalized spacial score (nSPS) is 14.8. The van der Waals surface area contributed by atoms with Gasteiger partial charge in [-0.3, -0.25) is 0 Å². The maximum atomic E-state index is 10.2. The van der Waals surface area contributed by atoms with Gasteiger partial charge in [-0.25, -0.2) is 4.98 Å². The second-order valence-corrected chi connectivity index (χ2v) is 9.63. The van der Waals surface area contributed by atoms with Crippen LogP contribution in [0.15, 0.2) is 66.7 Å². The third-order valence-electron chi connectivity index (χ3n) is 6.56. The first-order valence-corrected chi connectivity index (χ1v) is 11.7. The molecule has 6 heteroatoms. The average Bonchev–Trinajstić information content (AvgIpc) is 3.15. The van der Waals surface area contributed by atoms with E-state index in [1.165, 1.54) is 11.4 Å². The van der Waals surface area contributed by atoms with Gasteiger partial charge in [-0.05, 0) is 61.9 Å². The lowest BCUT2D eigenvalue weighted by Crippen LogP contribution is -2.46. The number of anilines is 2. The Hall–Kier alpha value is -3.02. The van der Waals surface area contributed by atoms with Crippen LogP contribution < -0.4 is 9.80 Å². The first-order chi connectivity index (χ1) is 15.8. The molecule has 5 nitrogen and oxygen atoms in total. The summed E-state index contributed by atoms with van der Waals surface area (Å²) >= 11 is 6.62. The Balaban J connectivity index is 1.35. The summed E-state index contributed by atoms with van der Waals surface area (Å²) in [5, 5.41) is 10.9. The summed E-state index contributed by atoms with van der Waals surface area (Å²) in [7, 11) is 2.04. The number of imidazole rings is 1. The zero-order valence-electron chi connectivity index (χ0n) is 19.3. The van der Waals surface area contributed by atoms with E-state index in [1.807, 2.05) is 57.3 Å². The molecule has 2 heterocycles. The summed E-state index contributed by atoms with van der Waals surface area (Å²) in [5.74, 6) is 0.883. The van der Waals surface area contributed by atoms with E-state index in [1.54, 1.807) is 0 Å². The molecular formula is C27H29ClN4O. The smallest absolute Gasteiger partial charge is 0.142 e. The van der Waals surface area contributed by atoms with Crippen LogP contribution in [0.25, 0.3) is 22.4 Å². The van der Waals surface area contributed by atoms with Crippen molar-refractivity contribution in [3.63, 3.8) is 0 Å². The Labute approximate surface area is 199 Å². The lowest BCUT2D eigenvalue weighted by atomic mass is 9.98. The molecule has 0 aliphatic carbocycles. The Morgan fingerprint density at radius 1 is 0.848 bits per heavy atom. The number of aryl methyl sites for hydroxylation is 1. The van der Waals surface area contributed by atoms with E-state index in [9.17, 15) is 5.11 Å². The maximum absolute atomic E-state index is 10.2. The fraction of sp³-hybridized carbons (Fsp3) is 0.296. The number of hydrogen-bond donors (Lipinski definition) is 1. The van der Waals surface area contributed by atoms with Crippen molar-refractivity contribution in [1.29, 1.82) is 0 Å². The van der Waals surface area contributed by atoms with E-state index in [0.717, 1.165) is 54.2 Å². The first-order valence-electron chi connectivity index (χ1n) is 11.4. The summed E-state index contributed by atoms with van der Waals surface area (Å²) in [5.41, 5.74) is 5.50. The quantitative estimate of drug-likeness (QED) is 0.440. The molecule has 0 amide bonds. The molecule has 0 saturated carbocycles. The van der Waals surface area contributed by atoms with Crippen LogP contribution in [-0.4, -0.2) is 40.8 Å². The molecule has 0 radical (unpaired) electrons. The molecule has 1 aliphatic rings. The largest absolute Gasteiger partial charge is 0.386 e. The highest BCUT2D eigenvalue weighted by Gasteiger charge is 2.21. The van der Waals surface area contributed by atoms with Crippen LogP contribution in [0.3, 0.4) is 0 Å². The van der Waals surface area contributed by atoms with Crippen molar-refractivity contribution >= 4 is 34.0 Å². The highest BCUT2D eigenvalue weighted by molar-refractivity contribution is 6.33. The SMILES string of the molecule is Cn1c(-c2cc(N3CCN(c4ccc(C(C)(C)O)cc4)CC3)ccc2Cl)nc2ccccc21. The third kappa shape index (κ3) is 4.19. The zero-order valence-corrected chi connectivity index (χ0v) is 20.0. The minimum absolute atomic E-state index is 0.711. The monoisotopic (exact) mass is 460 g/mol. The maximum Gasteiger partial charge on any atom is 0.142 e. The van der Waals surface area contributed by atoms with Crippen LogP contribution in [0.5, 0.6) is 0 Å². The van der Waals surface area contributed by atoms with Gasteiger partial charge in [-0.2, -0.15) is 0 Å². The standard InChI is InChI=1S/C27H29ClN4O/c1-27(2,33)19-8-10-20(11-9-19)31-14-16-32(17-15-31)21-12-13-23(28)22(18-21)26-29-24-6-4-5-7-25(24)30(26)3/h4-13,18,33H,14-17H2,1-3H3. The molecule has 0 bridgehead atoms. The van der Waals surface area contributed by atoms with Gasteiger partial charge in [0.1, 0.15) is 5.82 Å². The predicted molar refractivity (Wildman–Crippen MR) is 137 cm³/mol. The lowest BCUT2D eigenvalue weighted by Gasteiger charge is -2.37. The number of aliphatic hydroxyl groups is 1. The molecule has 1 aliphatic heterocycles. The molecule has 0 unspecified atom stereocenters. The van der Waals surface area contributed by atoms with Crippen LogP contribution >= 0.6 is 11.6 Å². The number of benzene rings is 3. The predicted octanol–water partition coefficient (Wildman–Crippen LogP) is 5.45. The number of fused-ring (bicyclic) bond motifs is 1. The summed E-state index contributed by atoms with van der Waals surface area (Å²) in [4.78, 5) is 9.64. The van der Waals surface area contributed by atoms with Gasteiger partial charge in [0.15, 0.2) is 0 Å². The number of para-hydroxylation sites is 2. The number of hydrogen-bond acceptors (Lipinski definition) is 4. The minimum Gasteiger partial charge on any atom is -0.386 e. The molecule has 3 aromatic carbocycles. The molecule has 1 N–H and O–H groups in total. The van der Waals surface area contributed by atoms with Crippen molar-refractivity contribution in [3.8, 4) is 11.4 Å². The van der Waals surface area contributed by atoms with Gasteiger partial charge in [0, 0.05) is 50.2 Å². The number of rotatable bonds is 4. The van der Waals surface area contributed by atoms with Crippen LogP contribution in [0.4, 0.5) is 11.4 Å². The minimum atomic E-state index is -0.817. The Morgan fingerprint density at radius 2 is 1.45 bits per heavy atom. The van der Waals surface area contributed by atoms with Crippen LogP contribution in [-0.2, 0) is 12.6 Å². The van der Waals surface area contributed by atoms with Gasteiger partial charge < -0.3 is 19.5 Å². The second kappa shape index (κ2) is 8.40. The number of aromatic nitrogens is 2. The molecular weight excluding hydrogens is 432 g/mol. The van der Waals surface area contributed by atoms with E-state index >= 15 is 0 Å². The zero-order chi connectivity index (χ0) is 23.2. The van der Waals surface area contributed by atoms with Crippen molar-refractivity contribution in [3.05, 3.63) is 77.3 Å². The molecule has 5 rings (SSSR count). The van der Waals surface area contributed by atoms with Gasteiger partial charge >= 0.3 is 0 Å². The fourth-order valence-electron chi connectivity index (χ4n) is 4.57. The summed E-state index contributed by atoms with van der Waals surface area (Å²) in [6, 6.07) is 22.6.